The van der Waals surface area contributed by atoms with Crippen molar-refractivity contribution >= 4 is 29.5 Å². The Bertz CT molecular complexity index is 591. The van der Waals surface area contributed by atoms with E-state index in [0.29, 0.717) is 0 Å². The first-order chi connectivity index (χ1) is 9.05. The van der Waals surface area contributed by atoms with Crippen molar-refractivity contribution in [2.75, 3.05) is 6.61 Å². The Morgan fingerprint density at radius 3 is 2.89 bits per heavy atom. The Hall–Kier alpha value is -0.400. The Kier molecular flexibility index (Phi) is 3.70. The zero-order valence-electron chi connectivity index (χ0n) is 11.7. The molecule has 1 aliphatic heterocycles. The molecule has 0 radical (unpaired) electrons. The molecular formula is C15H20NO2Te+. The van der Waals surface area contributed by atoms with E-state index in [1.165, 1.54) is 11.1 Å². The monoisotopic (exact) mass is 376 g/mol. The van der Waals surface area contributed by atoms with Crippen molar-refractivity contribution in [3.05, 3.63) is 30.0 Å². The quantitative estimate of drug-likeness (QED) is 0.765. The first-order valence-corrected chi connectivity index (χ1v) is 8.94. The summed E-state index contributed by atoms with van der Waals surface area (Å²) in [6.45, 7) is 4.70. The van der Waals surface area contributed by atoms with Gasteiger partial charge in [0.2, 0.25) is 0 Å². The Labute approximate surface area is 124 Å². The average molecular weight is 374 g/mol. The second-order valence-corrected chi connectivity index (χ2v) is 8.86. The predicted octanol–water partition coefficient (Wildman–Crippen LogP) is 1.81. The second kappa shape index (κ2) is 5.18. The van der Waals surface area contributed by atoms with E-state index in [-0.39, 0.29) is 26.8 Å². The van der Waals surface area contributed by atoms with Crippen LogP contribution in [0.1, 0.15) is 26.0 Å². The van der Waals surface area contributed by atoms with Gasteiger partial charge in [0.1, 0.15) is 0 Å². The fourth-order valence-corrected chi connectivity index (χ4v) is 5.56. The minimum absolute atomic E-state index is 0.188. The number of aromatic nitrogens is 1. The van der Waals surface area contributed by atoms with Crippen LogP contribution in [0.5, 0.6) is 0 Å². The van der Waals surface area contributed by atoms with Crippen molar-refractivity contribution in [3.63, 3.8) is 0 Å². The average Bonchev–Trinajstić information content (AvgIpc) is 2.86. The summed E-state index contributed by atoms with van der Waals surface area (Å²) >= 11 is -0.188. The molecule has 19 heavy (non-hydrogen) atoms. The number of hydrogen-bond acceptors (Lipinski definition) is 2. The number of hydrogen-bond donors (Lipinski definition) is 0. The van der Waals surface area contributed by atoms with Crippen LogP contribution >= 0.6 is 0 Å². The molecule has 0 saturated carbocycles. The number of ether oxygens (including phenoxy) is 2. The van der Waals surface area contributed by atoms with Gasteiger partial charge in [0.05, 0.1) is 0 Å². The number of rotatable bonds is 3. The molecule has 3 rings (SSSR count). The van der Waals surface area contributed by atoms with Crippen LogP contribution in [0.15, 0.2) is 24.3 Å². The van der Waals surface area contributed by atoms with Crippen LogP contribution in [0.4, 0.5) is 0 Å². The van der Waals surface area contributed by atoms with Gasteiger partial charge in [-0.1, -0.05) is 0 Å². The molecule has 3 nitrogen and oxygen atoms in total. The summed E-state index contributed by atoms with van der Waals surface area (Å²) in [7, 11) is 2.23. The summed E-state index contributed by atoms with van der Waals surface area (Å²) in [6, 6.07) is 8.83. The minimum atomic E-state index is -0.400. The molecular weight excluding hydrogens is 354 g/mol. The van der Waals surface area contributed by atoms with Crippen molar-refractivity contribution in [3.8, 4) is 0 Å². The van der Waals surface area contributed by atoms with E-state index in [1.807, 2.05) is 13.8 Å². The molecule has 2 heterocycles. The standard InChI is InChI=1S/C15H20NO2Te/c1-15(2)17-10-11(18-15)8-9-13-12-6-4-5-7-14(12)19-16(13)3/h4-7,11H,8-10H2,1-3H3/q+1. The van der Waals surface area contributed by atoms with Crippen LogP contribution in [-0.2, 0) is 22.9 Å². The normalized spacial score (nSPS) is 22.2. The molecule has 0 aliphatic carbocycles. The fraction of sp³-hybridized carbons (Fsp3) is 0.533. The number of benzene rings is 1. The molecule has 1 aliphatic rings. The molecule has 1 fully saturated rings. The Morgan fingerprint density at radius 2 is 2.16 bits per heavy atom. The summed E-state index contributed by atoms with van der Waals surface area (Å²) in [4.78, 5) is 0. The molecule has 0 spiro atoms. The number of fused-ring (bicyclic) bond motifs is 1. The summed E-state index contributed by atoms with van der Waals surface area (Å²) in [5.74, 6) is -0.400. The maximum atomic E-state index is 5.89. The van der Waals surface area contributed by atoms with Crippen molar-refractivity contribution in [2.24, 2.45) is 7.05 Å². The molecule has 0 amide bonds. The molecule has 1 unspecified atom stereocenters. The maximum absolute atomic E-state index is 5.89. The summed E-state index contributed by atoms with van der Waals surface area (Å²) in [5.41, 5.74) is 1.49. The molecule has 2 aromatic rings. The van der Waals surface area contributed by atoms with E-state index in [9.17, 15) is 0 Å². The topological polar surface area (TPSA) is 22.3 Å². The second-order valence-electron chi connectivity index (χ2n) is 5.52. The Balaban J connectivity index is 1.74. The molecule has 1 aromatic carbocycles. The van der Waals surface area contributed by atoms with Gasteiger partial charge < -0.3 is 0 Å². The van der Waals surface area contributed by atoms with Crippen LogP contribution in [0.25, 0.3) is 8.79 Å². The zero-order chi connectivity index (χ0) is 13.5. The van der Waals surface area contributed by atoms with Crippen LogP contribution in [0.3, 0.4) is 0 Å². The van der Waals surface area contributed by atoms with Gasteiger partial charge in [-0.25, -0.2) is 0 Å². The fourth-order valence-electron chi connectivity index (χ4n) is 2.65. The SMILES string of the molecule is C[n+]1[te]c2ccccc2c1CCC1COC(C)(C)O1. The van der Waals surface area contributed by atoms with E-state index in [2.05, 4.69) is 34.1 Å². The summed E-state index contributed by atoms with van der Waals surface area (Å²) < 4.78 is 15.6. The van der Waals surface area contributed by atoms with Crippen LogP contribution in [-0.4, -0.2) is 39.2 Å². The molecule has 102 valence electrons. The van der Waals surface area contributed by atoms with E-state index < -0.39 is 5.79 Å². The van der Waals surface area contributed by atoms with Gasteiger partial charge in [0.25, 0.3) is 0 Å². The van der Waals surface area contributed by atoms with Gasteiger partial charge in [-0.15, -0.1) is 0 Å². The van der Waals surface area contributed by atoms with Crippen LogP contribution < -0.4 is 2.79 Å². The van der Waals surface area contributed by atoms with Gasteiger partial charge in [-0.05, 0) is 0 Å². The first kappa shape index (κ1) is 13.6. The van der Waals surface area contributed by atoms with E-state index >= 15 is 0 Å². The van der Waals surface area contributed by atoms with Crippen LogP contribution in [0.2, 0.25) is 0 Å². The first-order valence-electron chi connectivity index (χ1n) is 6.74. The van der Waals surface area contributed by atoms with Crippen molar-refractivity contribution in [2.45, 2.75) is 38.6 Å². The van der Waals surface area contributed by atoms with Crippen molar-refractivity contribution < 1.29 is 12.3 Å². The van der Waals surface area contributed by atoms with Crippen LogP contribution in [0, 0.1) is 0 Å². The molecule has 1 saturated heterocycles. The zero-order valence-corrected chi connectivity index (χ0v) is 14.0. The van der Waals surface area contributed by atoms with E-state index in [0.717, 1.165) is 19.4 Å². The third-order valence-corrected chi connectivity index (χ3v) is 6.57. The van der Waals surface area contributed by atoms with E-state index in [1.54, 1.807) is 3.40 Å². The van der Waals surface area contributed by atoms with E-state index in [4.69, 9.17) is 9.47 Å². The predicted molar refractivity (Wildman–Crippen MR) is 75.3 cm³/mol. The summed E-state index contributed by atoms with van der Waals surface area (Å²) in [6.07, 6.45) is 2.37. The molecule has 1 atom stereocenters. The third-order valence-electron chi connectivity index (χ3n) is 3.58. The Morgan fingerprint density at radius 1 is 1.37 bits per heavy atom. The van der Waals surface area contributed by atoms with Gasteiger partial charge in [-0.2, -0.15) is 0 Å². The van der Waals surface area contributed by atoms with Gasteiger partial charge in [-0.3, -0.25) is 0 Å². The molecule has 0 bridgehead atoms. The van der Waals surface area contributed by atoms with Gasteiger partial charge >= 0.3 is 124 Å². The van der Waals surface area contributed by atoms with Gasteiger partial charge in [0, 0.05) is 0 Å². The molecule has 4 heteroatoms. The molecule has 0 N–H and O–H groups in total. The van der Waals surface area contributed by atoms with Gasteiger partial charge in [0.15, 0.2) is 0 Å². The number of aryl methyl sites for hydroxylation is 2. The number of nitrogens with zero attached hydrogens (tertiary/aromatic N) is 1. The summed E-state index contributed by atoms with van der Waals surface area (Å²) in [5, 5.41) is 1.46. The molecule has 1 aromatic heterocycles. The van der Waals surface area contributed by atoms with Crippen molar-refractivity contribution in [1.29, 1.82) is 0 Å². The third kappa shape index (κ3) is 2.87. The van der Waals surface area contributed by atoms with Crippen molar-refractivity contribution in [1.82, 2.24) is 0 Å².